The first-order chi connectivity index (χ1) is 42.6. The topological polar surface area (TPSA) is 317 Å². The van der Waals surface area contributed by atoms with Gasteiger partial charge < -0.3 is 70.3 Å². The normalized spacial score (nSPS) is 26.5. The molecule has 1 aliphatic heterocycles. The van der Waals surface area contributed by atoms with E-state index in [-0.39, 0.29) is 68.8 Å². The van der Waals surface area contributed by atoms with E-state index >= 15 is 19.2 Å². The first kappa shape index (κ1) is 81.4. The Labute approximate surface area is 548 Å². The number of carbonyl (C=O) groups is 11. The van der Waals surface area contributed by atoms with Gasteiger partial charge in [-0.2, -0.15) is 0 Å². The summed E-state index contributed by atoms with van der Waals surface area (Å²) in [5.41, 5.74) is 0. The van der Waals surface area contributed by atoms with Gasteiger partial charge >= 0.3 is 0 Å². The zero-order chi connectivity index (χ0) is 70.8. The average Bonchev–Trinajstić information content (AvgIpc) is 0.849. The Morgan fingerprint density at radius 3 is 1.37 bits per heavy atom. The summed E-state index contributed by atoms with van der Waals surface area (Å²) in [5, 5.41) is 33.2. The molecule has 2 rings (SSSR count). The number of amides is 11. The summed E-state index contributed by atoms with van der Waals surface area (Å²) < 4.78 is 1.81. The lowest BCUT2D eigenvalue weighted by Gasteiger charge is -2.41. The number of aliphatic hydroxyl groups is 2. The van der Waals surface area contributed by atoms with Crippen molar-refractivity contribution in [2.75, 3.05) is 55.9 Å². The van der Waals surface area contributed by atoms with E-state index in [1.165, 1.54) is 94.6 Å². The van der Waals surface area contributed by atoms with Crippen molar-refractivity contribution in [1.82, 2.24) is 65.1 Å². The van der Waals surface area contributed by atoms with E-state index in [1.807, 2.05) is 60.0 Å². The maximum atomic E-state index is 15.4. The molecule has 1 aromatic heterocycles. The van der Waals surface area contributed by atoms with Crippen molar-refractivity contribution in [3.8, 4) is 0 Å². The number of aryl methyl sites for hydroxylation is 1. The maximum absolute atomic E-state index is 15.4. The molecule has 26 heteroatoms. The molecule has 0 aromatic carbocycles. The Morgan fingerprint density at radius 1 is 0.467 bits per heavy atom. The highest BCUT2D eigenvalue weighted by molar-refractivity contribution is 6.00. The monoisotopic (exact) mass is 1300 g/mol. The molecular formula is C66H117N13O13. The lowest BCUT2D eigenvalue weighted by atomic mass is 9.91. The molecule has 1 fully saturated rings. The van der Waals surface area contributed by atoms with Gasteiger partial charge in [0.2, 0.25) is 65.0 Å². The standard InChI is InChI=1S/C66H117N13O13/c1-25-46-62(88)72(18)45(17)61(87)73(19)48(32-37(4)5)58(84)71-52(40(10)11)65(91)74(20)47(31-36(2)3)57(83)68-43(15)56(82)69-44(16)60(86)75(21)49(33-38(6)7)63(89)76(22)50(34-39(8)9)64(90)77(23)53(41(12)13)66(92)78(24)54(59(85)70-46)55(81)42(14)35-51-67-27-29-79(51)28-26-30-80/h27,29,36-50,52-55,80-81H,25-26,28,30-35H2,1-24H3,(H,68,83)(H,69,82)(H,70,85)(H,71,84)/t42-,43-,44+,45-,46-,47-,48+,49-,50-,52-,53-,54-,55-/m1/s1. The van der Waals surface area contributed by atoms with Crippen LogP contribution in [0.1, 0.15) is 162 Å². The number of nitrogens with one attached hydrogen (secondary N) is 4. The quantitative estimate of drug-likeness (QED) is 0.123. The van der Waals surface area contributed by atoms with Crippen LogP contribution < -0.4 is 21.3 Å². The number of aliphatic hydroxyl groups excluding tert-OH is 2. The number of carbonyl (C=O) groups excluding carboxylic acids is 11. The molecule has 1 aliphatic rings. The van der Waals surface area contributed by atoms with Gasteiger partial charge in [-0.25, -0.2) is 4.98 Å². The molecule has 0 aliphatic carbocycles. The summed E-state index contributed by atoms with van der Waals surface area (Å²) in [5.74, 6) is -9.78. The highest BCUT2D eigenvalue weighted by atomic mass is 16.3. The molecule has 92 heavy (non-hydrogen) atoms. The maximum Gasteiger partial charge on any atom is 0.246 e. The predicted octanol–water partition coefficient (Wildman–Crippen LogP) is 2.51. The third kappa shape index (κ3) is 21.7. The molecule has 2 heterocycles. The predicted molar refractivity (Wildman–Crippen MR) is 351 cm³/mol. The molecule has 6 N–H and O–H groups in total. The summed E-state index contributed by atoms with van der Waals surface area (Å²) in [6.07, 6.45) is 2.69. The fourth-order valence-electron chi connectivity index (χ4n) is 11.8. The molecule has 0 unspecified atom stereocenters. The van der Waals surface area contributed by atoms with Crippen LogP contribution in [0.2, 0.25) is 0 Å². The zero-order valence-corrected chi connectivity index (χ0v) is 59.9. The number of hydrogen-bond acceptors (Lipinski definition) is 14. The number of aromatic nitrogens is 2. The van der Waals surface area contributed by atoms with Crippen molar-refractivity contribution >= 4 is 65.0 Å². The first-order valence-corrected chi connectivity index (χ1v) is 33.0. The van der Waals surface area contributed by atoms with Gasteiger partial charge in [-0.1, -0.05) is 96.9 Å². The Balaban J connectivity index is 3.05. The zero-order valence-electron chi connectivity index (χ0n) is 59.9. The summed E-state index contributed by atoms with van der Waals surface area (Å²) in [4.78, 5) is 175. The number of likely N-dealkylation sites (N-methyl/N-ethyl adjacent to an activating group) is 7. The van der Waals surface area contributed by atoms with Crippen molar-refractivity contribution in [3.05, 3.63) is 18.2 Å². The average molecular weight is 1300 g/mol. The van der Waals surface area contributed by atoms with Gasteiger partial charge in [-0.05, 0) is 101 Å². The van der Waals surface area contributed by atoms with Crippen LogP contribution in [0, 0.1) is 41.4 Å². The number of rotatable bonds is 18. The summed E-state index contributed by atoms with van der Waals surface area (Å²) >= 11 is 0. The third-order valence-electron chi connectivity index (χ3n) is 17.7. The van der Waals surface area contributed by atoms with Crippen LogP contribution in [0.15, 0.2) is 12.4 Å². The molecule has 1 aromatic rings. The van der Waals surface area contributed by atoms with Crippen LogP contribution in [0.4, 0.5) is 0 Å². The molecule has 0 bridgehead atoms. The number of hydrogen-bond donors (Lipinski definition) is 6. The van der Waals surface area contributed by atoms with Crippen molar-refractivity contribution < 1.29 is 63.0 Å². The smallest absolute Gasteiger partial charge is 0.246 e. The second kappa shape index (κ2) is 36.7. The van der Waals surface area contributed by atoms with E-state index in [1.54, 1.807) is 53.9 Å². The van der Waals surface area contributed by atoms with Gasteiger partial charge in [-0.15, -0.1) is 0 Å². The SMILES string of the molecule is CC[C@H]1NC(=O)[C@@H]([C@H](O)[C@H](C)Cc2nccn2CCCO)N(C)C(=O)[C@@H](C(C)C)N(C)C(=O)[C@@H](CC(C)C)N(C)C(=O)[C@@H](CC(C)C)N(C)C(=O)[C@H](C)NC(=O)[C@@H](C)NC(=O)[C@@H](CC(C)C)N(C)C(=O)[C@@H](C(C)C)NC(=O)[C@H](CC(C)C)N(C)C(=O)[C@@H](C)N(C)C1=O. The Morgan fingerprint density at radius 2 is 0.902 bits per heavy atom. The van der Waals surface area contributed by atoms with E-state index in [4.69, 9.17) is 0 Å². The fourth-order valence-corrected chi connectivity index (χ4v) is 11.8. The van der Waals surface area contributed by atoms with E-state index in [9.17, 15) is 43.8 Å². The molecule has 0 saturated carbocycles. The van der Waals surface area contributed by atoms with Crippen LogP contribution in [0.25, 0.3) is 0 Å². The van der Waals surface area contributed by atoms with E-state index in [0.29, 0.717) is 18.8 Å². The Kier molecular flexibility index (Phi) is 32.4. The van der Waals surface area contributed by atoms with Gasteiger partial charge in [-0.3, -0.25) is 52.7 Å². The molecule has 13 atom stereocenters. The molecule has 11 amide bonds. The largest absolute Gasteiger partial charge is 0.396 e. The molecule has 0 radical (unpaired) electrons. The molecular weight excluding hydrogens is 1180 g/mol. The fraction of sp³-hybridized carbons (Fsp3) is 0.788. The first-order valence-electron chi connectivity index (χ1n) is 33.0. The van der Waals surface area contributed by atoms with Gasteiger partial charge in [0.1, 0.15) is 72.3 Å². The van der Waals surface area contributed by atoms with Crippen LogP contribution in [0.3, 0.4) is 0 Å². The molecule has 524 valence electrons. The minimum Gasteiger partial charge on any atom is -0.396 e. The highest BCUT2D eigenvalue weighted by Gasteiger charge is 2.46. The lowest BCUT2D eigenvalue weighted by Crippen LogP contribution is -2.64. The van der Waals surface area contributed by atoms with Crippen molar-refractivity contribution in [2.24, 2.45) is 41.4 Å². The second-order valence-electron chi connectivity index (χ2n) is 28.0. The van der Waals surface area contributed by atoms with Crippen LogP contribution >= 0.6 is 0 Å². The minimum atomic E-state index is -1.72. The van der Waals surface area contributed by atoms with E-state index in [2.05, 4.69) is 26.3 Å². The molecule has 0 spiro atoms. The van der Waals surface area contributed by atoms with Crippen LogP contribution in [-0.4, -0.2) is 248 Å². The van der Waals surface area contributed by atoms with Crippen molar-refractivity contribution in [1.29, 1.82) is 0 Å². The van der Waals surface area contributed by atoms with Crippen molar-refractivity contribution in [3.63, 3.8) is 0 Å². The van der Waals surface area contributed by atoms with Crippen molar-refractivity contribution in [2.45, 2.75) is 242 Å². The number of nitrogens with zero attached hydrogens (tertiary/aromatic N) is 9. The summed E-state index contributed by atoms with van der Waals surface area (Å²) in [6.45, 7) is 29.7. The van der Waals surface area contributed by atoms with Gasteiger partial charge in [0.05, 0.1) is 6.10 Å². The summed E-state index contributed by atoms with van der Waals surface area (Å²) in [6, 6.07) is -14.0. The molecule has 1 saturated heterocycles. The van der Waals surface area contributed by atoms with Gasteiger partial charge in [0, 0.05) is 81.3 Å². The second-order valence-corrected chi connectivity index (χ2v) is 28.0. The summed E-state index contributed by atoms with van der Waals surface area (Å²) in [7, 11) is 9.87. The lowest BCUT2D eigenvalue weighted by molar-refractivity contribution is -0.157. The minimum absolute atomic E-state index is 0.0223. The van der Waals surface area contributed by atoms with E-state index < -0.39 is 155 Å². The third-order valence-corrected chi connectivity index (χ3v) is 17.7. The molecule has 26 nitrogen and oxygen atoms in total. The Hall–Kier alpha value is -6.70. The van der Waals surface area contributed by atoms with Gasteiger partial charge in [0.25, 0.3) is 0 Å². The Bertz CT molecular complexity index is 2660. The highest BCUT2D eigenvalue weighted by Crippen LogP contribution is 2.26. The van der Waals surface area contributed by atoms with E-state index in [0.717, 1.165) is 9.80 Å². The number of imidazole rings is 1. The van der Waals surface area contributed by atoms with Crippen LogP contribution in [0.5, 0.6) is 0 Å². The van der Waals surface area contributed by atoms with Crippen LogP contribution in [-0.2, 0) is 65.7 Å². The van der Waals surface area contributed by atoms with Gasteiger partial charge in [0.15, 0.2) is 0 Å².